The fourth-order valence-corrected chi connectivity index (χ4v) is 3.73. The summed E-state index contributed by atoms with van der Waals surface area (Å²) in [5, 5.41) is 2.79. The van der Waals surface area contributed by atoms with Crippen LogP contribution in [0.2, 0.25) is 0 Å². The van der Waals surface area contributed by atoms with Gasteiger partial charge < -0.3 is 19.5 Å². The molecule has 3 aromatic rings. The van der Waals surface area contributed by atoms with Crippen molar-refractivity contribution < 1.29 is 28.6 Å². The maximum absolute atomic E-state index is 12.6. The van der Waals surface area contributed by atoms with Gasteiger partial charge in [0.15, 0.2) is 12.4 Å². The molecule has 0 fully saturated rings. The topological polar surface area (TPSA) is 90.9 Å². The van der Waals surface area contributed by atoms with E-state index in [0.717, 1.165) is 0 Å². The minimum atomic E-state index is -0.637. The lowest BCUT2D eigenvalue weighted by atomic mass is 10.1. The van der Waals surface area contributed by atoms with Gasteiger partial charge in [-0.05, 0) is 36.4 Å². The summed E-state index contributed by atoms with van der Waals surface area (Å²) in [6.07, 6.45) is 0. The van der Waals surface area contributed by atoms with Gasteiger partial charge in [-0.25, -0.2) is 4.79 Å². The summed E-state index contributed by atoms with van der Waals surface area (Å²) in [6.45, 7) is -0.401. The largest absolute Gasteiger partial charge is 0.497 e. The number of hydrogen-bond acceptors (Lipinski definition) is 7. The number of methoxy groups -OCH3 is 2. The summed E-state index contributed by atoms with van der Waals surface area (Å²) in [4.78, 5) is 37.9. The predicted octanol–water partition coefficient (Wildman–Crippen LogP) is 4.47. The van der Waals surface area contributed by atoms with Crippen LogP contribution in [0.15, 0.2) is 77.7 Å². The molecule has 3 rings (SSSR count). The molecule has 0 unspecified atom stereocenters. The number of ketones is 1. The summed E-state index contributed by atoms with van der Waals surface area (Å²) in [7, 11) is 3.06. The van der Waals surface area contributed by atoms with Crippen molar-refractivity contribution in [2.24, 2.45) is 0 Å². The lowest BCUT2D eigenvalue weighted by molar-refractivity contribution is -0.113. The van der Waals surface area contributed by atoms with E-state index in [-0.39, 0.29) is 23.0 Å². The van der Waals surface area contributed by atoms with Crippen molar-refractivity contribution in [2.45, 2.75) is 4.90 Å². The maximum Gasteiger partial charge on any atom is 0.339 e. The van der Waals surface area contributed by atoms with E-state index in [1.807, 2.05) is 0 Å². The third kappa shape index (κ3) is 6.85. The third-order valence-electron chi connectivity index (χ3n) is 4.55. The van der Waals surface area contributed by atoms with Crippen LogP contribution >= 0.6 is 11.8 Å². The van der Waals surface area contributed by atoms with Gasteiger partial charge in [-0.1, -0.05) is 30.3 Å². The second-order valence-electron chi connectivity index (χ2n) is 6.80. The van der Waals surface area contributed by atoms with E-state index in [1.54, 1.807) is 79.9 Å². The molecule has 7 nitrogen and oxygen atoms in total. The molecule has 33 heavy (non-hydrogen) atoms. The Labute approximate surface area is 196 Å². The molecule has 1 N–H and O–H groups in total. The van der Waals surface area contributed by atoms with Crippen molar-refractivity contribution in [2.75, 3.05) is 31.9 Å². The number of thioether (sulfide) groups is 1. The number of amides is 1. The first-order chi connectivity index (χ1) is 16.0. The Hall–Kier alpha value is -3.78. The van der Waals surface area contributed by atoms with E-state index >= 15 is 0 Å². The fourth-order valence-electron chi connectivity index (χ4n) is 2.89. The van der Waals surface area contributed by atoms with Gasteiger partial charge in [0.2, 0.25) is 5.91 Å². The molecular formula is C25H23NO6S. The molecule has 0 aliphatic carbocycles. The summed E-state index contributed by atoms with van der Waals surface area (Å²) < 4.78 is 15.5. The molecule has 0 aromatic heterocycles. The van der Waals surface area contributed by atoms with Crippen LogP contribution in [0.5, 0.6) is 11.5 Å². The Morgan fingerprint density at radius 2 is 1.55 bits per heavy atom. The van der Waals surface area contributed by atoms with E-state index in [1.165, 1.54) is 18.9 Å². The molecule has 0 saturated carbocycles. The van der Waals surface area contributed by atoms with Crippen molar-refractivity contribution in [3.8, 4) is 11.5 Å². The number of hydrogen-bond donors (Lipinski definition) is 1. The van der Waals surface area contributed by atoms with E-state index in [4.69, 9.17) is 14.2 Å². The van der Waals surface area contributed by atoms with E-state index in [2.05, 4.69) is 5.32 Å². The Morgan fingerprint density at radius 1 is 0.848 bits per heavy atom. The lowest BCUT2D eigenvalue weighted by Crippen LogP contribution is -2.16. The van der Waals surface area contributed by atoms with Crippen molar-refractivity contribution in [1.82, 2.24) is 0 Å². The second kappa shape index (κ2) is 11.7. The molecule has 1 amide bonds. The zero-order valence-electron chi connectivity index (χ0n) is 18.2. The lowest BCUT2D eigenvalue weighted by Gasteiger charge is -2.10. The smallest absolute Gasteiger partial charge is 0.339 e. The summed E-state index contributed by atoms with van der Waals surface area (Å²) >= 11 is 1.20. The van der Waals surface area contributed by atoms with Gasteiger partial charge in [0, 0.05) is 22.2 Å². The molecule has 0 atom stereocenters. The average Bonchev–Trinajstić information content (AvgIpc) is 2.86. The Morgan fingerprint density at radius 3 is 2.30 bits per heavy atom. The molecular weight excluding hydrogens is 442 g/mol. The molecule has 0 aliphatic heterocycles. The van der Waals surface area contributed by atoms with Crippen LogP contribution in [0.25, 0.3) is 0 Å². The van der Waals surface area contributed by atoms with E-state index in [9.17, 15) is 14.4 Å². The monoisotopic (exact) mass is 465 g/mol. The van der Waals surface area contributed by atoms with Crippen molar-refractivity contribution >= 4 is 35.1 Å². The normalized spacial score (nSPS) is 10.2. The van der Waals surface area contributed by atoms with Gasteiger partial charge in [0.25, 0.3) is 0 Å². The SMILES string of the molecule is COc1cccc(NC(=O)CSc2ccccc2C(=O)OCC(=O)c2cccc(OC)c2)c1. The number of nitrogens with one attached hydrogen (secondary N) is 1. The first-order valence-electron chi connectivity index (χ1n) is 10.00. The van der Waals surface area contributed by atoms with Gasteiger partial charge >= 0.3 is 5.97 Å². The first-order valence-corrected chi connectivity index (χ1v) is 11.0. The van der Waals surface area contributed by atoms with Gasteiger partial charge in [-0.15, -0.1) is 11.8 Å². The zero-order chi connectivity index (χ0) is 23.6. The highest BCUT2D eigenvalue weighted by Crippen LogP contribution is 2.24. The van der Waals surface area contributed by atoms with Crippen LogP contribution in [0, 0.1) is 0 Å². The number of rotatable bonds is 10. The molecule has 0 saturated heterocycles. The number of esters is 1. The molecule has 0 spiro atoms. The van der Waals surface area contributed by atoms with E-state index in [0.29, 0.717) is 27.6 Å². The van der Waals surface area contributed by atoms with Gasteiger partial charge in [-0.3, -0.25) is 9.59 Å². The zero-order valence-corrected chi connectivity index (χ0v) is 19.0. The number of carbonyl (C=O) groups excluding carboxylic acids is 3. The highest BCUT2D eigenvalue weighted by molar-refractivity contribution is 8.00. The van der Waals surface area contributed by atoms with Gasteiger partial charge in [-0.2, -0.15) is 0 Å². The van der Waals surface area contributed by atoms with Crippen LogP contribution in [0.4, 0.5) is 5.69 Å². The number of Topliss-reactive ketones (excluding diaryl/α,β-unsaturated/α-hetero) is 1. The fraction of sp³-hybridized carbons (Fsp3) is 0.160. The number of benzene rings is 3. The van der Waals surface area contributed by atoms with Crippen LogP contribution in [-0.4, -0.2) is 44.2 Å². The van der Waals surface area contributed by atoms with Crippen LogP contribution < -0.4 is 14.8 Å². The summed E-state index contributed by atoms with van der Waals surface area (Å²) in [6, 6.07) is 20.4. The predicted molar refractivity (Wildman–Crippen MR) is 126 cm³/mol. The summed E-state index contributed by atoms with van der Waals surface area (Å²) in [5.74, 6) is 0.0555. The second-order valence-corrected chi connectivity index (χ2v) is 7.81. The first kappa shape index (κ1) is 23.9. The molecule has 0 radical (unpaired) electrons. The maximum atomic E-state index is 12.6. The Balaban J connectivity index is 1.58. The minimum absolute atomic E-state index is 0.0875. The Kier molecular flexibility index (Phi) is 8.49. The number of ether oxygens (including phenoxy) is 3. The van der Waals surface area contributed by atoms with Crippen LogP contribution in [0.3, 0.4) is 0 Å². The highest BCUT2D eigenvalue weighted by Gasteiger charge is 2.17. The quantitative estimate of drug-likeness (QED) is 0.268. The number of carbonyl (C=O) groups is 3. The van der Waals surface area contributed by atoms with Crippen molar-refractivity contribution in [1.29, 1.82) is 0 Å². The molecule has 8 heteroatoms. The molecule has 0 heterocycles. The van der Waals surface area contributed by atoms with Crippen LogP contribution in [0.1, 0.15) is 20.7 Å². The van der Waals surface area contributed by atoms with Gasteiger partial charge in [0.05, 0.1) is 25.5 Å². The molecule has 0 bridgehead atoms. The molecule has 3 aromatic carbocycles. The van der Waals surface area contributed by atoms with Gasteiger partial charge in [0.1, 0.15) is 11.5 Å². The van der Waals surface area contributed by atoms with Crippen molar-refractivity contribution in [3.63, 3.8) is 0 Å². The average molecular weight is 466 g/mol. The van der Waals surface area contributed by atoms with Crippen LogP contribution in [-0.2, 0) is 9.53 Å². The standard InChI is InChI=1S/C25H23NO6S/c1-30-19-9-5-7-17(13-19)22(27)15-32-25(29)21-11-3-4-12-23(21)33-16-24(28)26-18-8-6-10-20(14-18)31-2/h3-14H,15-16H2,1-2H3,(H,26,28). The minimum Gasteiger partial charge on any atom is -0.497 e. The third-order valence-corrected chi connectivity index (χ3v) is 5.62. The number of anilines is 1. The van der Waals surface area contributed by atoms with E-state index < -0.39 is 12.6 Å². The highest BCUT2D eigenvalue weighted by atomic mass is 32.2. The molecule has 0 aliphatic rings. The molecule has 170 valence electrons. The Bertz CT molecular complexity index is 1150. The van der Waals surface area contributed by atoms with Crippen molar-refractivity contribution in [3.05, 3.63) is 83.9 Å². The summed E-state index contributed by atoms with van der Waals surface area (Å²) in [5.41, 5.74) is 1.29.